The largest absolute Gasteiger partial charge is 0.844 e. The van der Waals surface area contributed by atoms with Crippen LogP contribution in [0.15, 0.2) is 55.3 Å². The van der Waals surface area contributed by atoms with E-state index in [0.29, 0.717) is 42.2 Å². The lowest BCUT2D eigenvalue weighted by atomic mass is 9.71. The van der Waals surface area contributed by atoms with Crippen LogP contribution in [0.25, 0.3) is 10.9 Å². The summed E-state index contributed by atoms with van der Waals surface area (Å²) in [4.78, 5) is 4.51. The third-order valence-corrected chi connectivity index (χ3v) is 8.62. The van der Waals surface area contributed by atoms with Gasteiger partial charge in [-0.2, -0.15) is 0 Å². The first kappa shape index (κ1) is 29.0. The number of hydrogen-bond donors (Lipinski definition) is 0. The molecule has 3 fully saturated rings. The minimum Gasteiger partial charge on any atom is -0.844 e. The summed E-state index contributed by atoms with van der Waals surface area (Å²) in [7, 11) is 4.91. The molecule has 0 aliphatic carbocycles. The highest BCUT2D eigenvalue weighted by atomic mass is 35.5. The monoisotopic (exact) mass is 554 g/mol. The number of quaternary nitrogens is 1. The van der Waals surface area contributed by atoms with Gasteiger partial charge in [0.2, 0.25) is 5.75 Å². The van der Waals surface area contributed by atoms with Crippen LogP contribution in [-0.2, 0) is 6.54 Å². The van der Waals surface area contributed by atoms with Crippen LogP contribution >= 0.6 is 12.4 Å². The molecule has 3 aliphatic rings. The van der Waals surface area contributed by atoms with Crippen molar-refractivity contribution in [1.29, 1.82) is 0 Å². The quantitative estimate of drug-likeness (QED) is 0.257. The Kier molecular flexibility index (Phi) is 8.94. The van der Waals surface area contributed by atoms with Gasteiger partial charge in [-0.3, -0.25) is 4.98 Å². The lowest BCUT2D eigenvalue weighted by Crippen LogP contribution is -2.68. The number of hydrogen-bond acceptors (Lipinski definition) is 6. The van der Waals surface area contributed by atoms with Crippen LogP contribution < -0.4 is 24.1 Å². The van der Waals surface area contributed by atoms with Crippen LogP contribution in [0, 0.1) is 11.8 Å². The molecule has 210 valence electrons. The molecule has 3 aromatic rings. The zero-order valence-corrected chi connectivity index (χ0v) is 24.0. The Morgan fingerprint density at radius 3 is 2.59 bits per heavy atom. The summed E-state index contributed by atoms with van der Waals surface area (Å²) < 4.78 is 23.4. The number of benzene rings is 2. The molecule has 2 bridgehead atoms. The van der Waals surface area contributed by atoms with Gasteiger partial charge < -0.3 is 28.5 Å². The van der Waals surface area contributed by atoms with E-state index < -0.39 is 6.10 Å². The van der Waals surface area contributed by atoms with Gasteiger partial charge in [0.1, 0.15) is 12.3 Å². The van der Waals surface area contributed by atoms with Crippen molar-refractivity contribution in [2.24, 2.45) is 11.8 Å². The molecular formula is C31H39ClN2O5. The minimum atomic E-state index is -0.896. The normalized spacial score (nSPS) is 24.5. The Morgan fingerprint density at radius 2 is 1.90 bits per heavy atom. The average Bonchev–Trinajstić information content (AvgIpc) is 2.95. The number of ether oxygens (including phenoxy) is 4. The molecule has 1 aromatic heterocycles. The third kappa shape index (κ3) is 5.28. The van der Waals surface area contributed by atoms with E-state index in [0.717, 1.165) is 58.2 Å². The Bertz CT molecular complexity index is 1320. The number of piperidine rings is 3. The van der Waals surface area contributed by atoms with Crippen molar-refractivity contribution in [3.63, 3.8) is 0 Å². The molecule has 2 aromatic carbocycles. The maximum atomic E-state index is 14.5. The van der Waals surface area contributed by atoms with E-state index in [4.69, 9.17) is 18.9 Å². The fraction of sp³-hybridized carbons (Fsp3) is 0.452. The number of methoxy groups -OCH3 is 3. The summed E-state index contributed by atoms with van der Waals surface area (Å²) in [6, 6.07) is 11.7. The maximum Gasteiger partial charge on any atom is 0.203 e. The van der Waals surface area contributed by atoms with E-state index in [9.17, 15) is 5.11 Å². The average molecular weight is 555 g/mol. The van der Waals surface area contributed by atoms with Crippen molar-refractivity contribution in [2.75, 3.05) is 41.0 Å². The molecule has 5 atom stereocenters. The van der Waals surface area contributed by atoms with Crippen molar-refractivity contribution in [3.05, 3.63) is 66.4 Å². The molecule has 8 heteroatoms. The molecule has 3 aliphatic heterocycles. The van der Waals surface area contributed by atoms with Crippen LogP contribution in [0.5, 0.6) is 23.0 Å². The van der Waals surface area contributed by atoms with Crippen LogP contribution in [0.4, 0.5) is 0 Å². The van der Waals surface area contributed by atoms with Gasteiger partial charge in [0.05, 0.1) is 52.6 Å². The van der Waals surface area contributed by atoms with E-state index in [2.05, 4.69) is 17.6 Å². The summed E-state index contributed by atoms with van der Waals surface area (Å²) >= 11 is 0. The van der Waals surface area contributed by atoms with Crippen molar-refractivity contribution >= 4 is 23.3 Å². The Labute approximate surface area is 237 Å². The van der Waals surface area contributed by atoms with Gasteiger partial charge in [0, 0.05) is 35.9 Å². The number of halogens is 1. The SMILES string of the molecule is C=CC1C[N+]2(Cc3cc(OC)c(OC)c(OCC)c3)CCC1CC2[C@H]([O-])c1ccnc2ccc(OC)cc12.Cl. The first-order valence-corrected chi connectivity index (χ1v) is 13.4. The number of rotatable bonds is 10. The van der Waals surface area contributed by atoms with Crippen molar-refractivity contribution in [1.82, 2.24) is 4.98 Å². The zero-order valence-electron chi connectivity index (χ0n) is 23.2. The molecule has 0 N–H and O–H groups in total. The van der Waals surface area contributed by atoms with E-state index in [1.54, 1.807) is 27.5 Å². The minimum absolute atomic E-state index is 0. The van der Waals surface area contributed by atoms with Gasteiger partial charge in [-0.1, -0.05) is 6.08 Å². The third-order valence-electron chi connectivity index (χ3n) is 8.62. The molecule has 3 saturated heterocycles. The van der Waals surface area contributed by atoms with Crippen LogP contribution in [0.2, 0.25) is 0 Å². The van der Waals surface area contributed by atoms with Gasteiger partial charge >= 0.3 is 0 Å². The molecule has 4 unspecified atom stereocenters. The summed E-state index contributed by atoms with van der Waals surface area (Å²) in [5.74, 6) is 3.51. The maximum absolute atomic E-state index is 14.5. The van der Waals surface area contributed by atoms with Crippen molar-refractivity contribution in [3.8, 4) is 23.0 Å². The van der Waals surface area contributed by atoms with E-state index in [1.165, 1.54) is 0 Å². The molecule has 0 spiro atoms. The van der Waals surface area contributed by atoms with Crippen LogP contribution in [-0.4, -0.2) is 56.5 Å². The van der Waals surface area contributed by atoms with Gasteiger partial charge in [0.15, 0.2) is 11.5 Å². The Balaban J connectivity index is 0.00000353. The molecular weight excluding hydrogens is 516 g/mol. The van der Waals surface area contributed by atoms with Crippen molar-refractivity contribution in [2.45, 2.75) is 38.5 Å². The first-order chi connectivity index (χ1) is 18.5. The summed E-state index contributed by atoms with van der Waals surface area (Å²) in [5.41, 5.74) is 2.69. The Morgan fingerprint density at radius 1 is 1.10 bits per heavy atom. The highest BCUT2D eigenvalue weighted by Crippen LogP contribution is 2.48. The molecule has 4 heterocycles. The fourth-order valence-electron chi connectivity index (χ4n) is 6.79. The number of aromatic nitrogens is 1. The van der Waals surface area contributed by atoms with Crippen LogP contribution in [0.3, 0.4) is 0 Å². The molecule has 6 rings (SSSR count). The molecule has 39 heavy (non-hydrogen) atoms. The highest BCUT2D eigenvalue weighted by molar-refractivity contribution is 5.85. The molecule has 0 radical (unpaired) electrons. The van der Waals surface area contributed by atoms with E-state index in [1.807, 2.05) is 43.3 Å². The van der Waals surface area contributed by atoms with Crippen LogP contribution in [0.1, 0.15) is 37.0 Å². The predicted octanol–water partition coefficient (Wildman–Crippen LogP) is 5.09. The smallest absolute Gasteiger partial charge is 0.203 e. The van der Waals surface area contributed by atoms with E-state index >= 15 is 0 Å². The lowest BCUT2D eigenvalue weighted by Gasteiger charge is -2.60. The standard InChI is InChI=1S/C31H38N2O5.ClH/c1-6-21-19-33(18-20-14-28(36-4)31(37-5)29(15-20)38-7-2)13-11-22(21)16-27(33)30(34)24-10-12-32-26-9-8-23(35-3)17-25(24)26;/h6,8-10,12,14-15,17,21-22,27,30H,1,7,11,13,16,18-19H2,2-5H3;1H/t21?,22?,27?,30-,33?;/m1./s1. The Hall–Kier alpha value is -3.00. The summed E-state index contributed by atoms with van der Waals surface area (Å²) in [6.45, 7) is 9.21. The molecule has 0 amide bonds. The first-order valence-electron chi connectivity index (χ1n) is 13.4. The van der Waals surface area contributed by atoms with Gasteiger partial charge in [-0.15, -0.1) is 19.0 Å². The predicted molar refractivity (Wildman–Crippen MR) is 153 cm³/mol. The second kappa shape index (κ2) is 12.0. The number of nitrogens with zero attached hydrogens (tertiary/aromatic N) is 2. The number of pyridine rings is 1. The lowest BCUT2D eigenvalue weighted by molar-refractivity contribution is -0.990. The number of fused-ring (bicyclic) bond motifs is 4. The highest BCUT2D eigenvalue weighted by Gasteiger charge is 2.52. The second-order valence-corrected chi connectivity index (χ2v) is 10.5. The summed E-state index contributed by atoms with van der Waals surface area (Å²) in [5, 5.41) is 15.4. The van der Waals surface area contributed by atoms with Gasteiger partial charge in [-0.05, 0) is 60.9 Å². The molecule has 0 saturated carbocycles. The summed E-state index contributed by atoms with van der Waals surface area (Å²) in [6.07, 6.45) is 4.93. The van der Waals surface area contributed by atoms with Gasteiger partial charge in [-0.25, -0.2) is 0 Å². The molecule has 7 nitrogen and oxygen atoms in total. The topological polar surface area (TPSA) is 72.9 Å². The van der Waals surface area contributed by atoms with E-state index in [-0.39, 0.29) is 18.4 Å². The zero-order chi connectivity index (χ0) is 26.9. The second-order valence-electron chi connectivity index (χ2n) is 10.5. The van der Waals surface area contributed by atoms with Crippen molar-refractivity contribution < 1.29 is 28.5 Å². The fourth-order valence-corrected chi connectivity index (χ4v) is 6.79. The van der Waals surface area contributed by atoms with Gasteiger partial charge in [0.25, 0.3) is 0 Å².